The molecule has 0 aliphatic carbocycles. The van der Waals surface area contributed by atoms with Crippen LogP contribution in [0.1, 0.15) is 155 Å². The van der Waals surface area contributed by atoms with E-state index in [1.807, 2.05) is 103 Å². The van der Waals surface area contributed by atoms with Gasteiger partial charge in [-0.05, 0) is 137 Å². The predicted molar refractivity (Wildman–Crippen MR) is 346 cm³/mol. The number of aliphatic hydroxyl groups excluding tert-OH is 1. The van der Waals surface area contributed by atoms with Gasteiger partial charge in [0.25, 0.3) is 11.8 Å². The fourth-order valence-electron chi connectivity index (χ4n) is 9.55. The van der Waals surface area contributed by atoms with E-state index in [4.69, 9.17) is 44.3 Å². The molecule has 2 aliphatic heterocycles. The molecule has 88 heavy (non-hydrogen) atoms. The number of ether oxygens (including phenoxy) is 2. The Kier molecular flexibility index (Phi) is 30.1. The number of carbonyl (C=O) groups excluding carboxylic acids is 8. The van der Waals surface area contributed by atoms with E-state index in [9.17, 15) is 43.5 Å². The van der Waals surface area contributed by atoms with Crippen molar-refractivity contribution in [1.82, 2.24) is 41.5 Å². The molecular formula is C66H87Cl3N8O11. The molecule has 478 valence electrons. The van der Waals surface area contributed by atoms with Crippen LogP contribution in [0.5, 0.6) is 0 Å². The van der Waals surface area contributed by atoms with E-state index in [1.54, 1.807) is 63.4 Å². The number of pyridine rings is 2. The highest BCUT2D eigenvalue weighted by Gasteiger charge is 2.36. The van der Waals surface area contributed by atoms with Crippen molar-refractivity contribution in [3.63, 3.8) is 0 Å². The van der Waals surface area contributed by atoms with Crippen LogP contribution < -0.4 is 21.5 Å². The number of aliphatic hydroxyl groups is 1. The van der Waals surface area contributed by atoms with Gasteiger partial charge < -0.3 is 25.2 Å². The number of hydrogen-bond acceptors (Lipinski definition) is 15. The lowest BCUT2D eigenvalue weighted by Crippen LogP contribution is -2.59. The van der Waals surface area contributed by atoms with Crippen molar-refractivity contribution >= 4 is 116 Å². The molecule has 5 N–H and O–H groups in total. The van der Waals surface area contributed by atoms with Crippen molar-refractivity contribution in [3.05, 3.63) is 121 Å². The minimum absolute atomic E-state index is 0.0218. The first-order valence-electron chi connectivity index (χ1n) is 29.8. The van der Waals surface area contributed by atoms with E-state index in [2.05, 4.69) is 44.6 Å². The second-order valence-electron chi connectivity index (χ2n) is 22.6. The molecule has 8 atom stereocenters. The number of rotatable bonds is 24. The number of benzene rings is 2. The number of carbonyl (C=O) groups is 8. The van der Waals surface area contributed by atoms with Crippen molar-refractivity contribution in [2.45, 2.75) is 161 Å². The average Bonchev–Trinajstić information content (AvgIpc) is 3.71. The fraction of sp³-hybridized carbons (Fsp3) is 0.485. The second-order valence-corrected chi connectivity index (χ2v) is 25.2. The SMILES string of the molecule is C/C=C/CC(=O)C[C@H](C(=O)N[C@@H](C)C(=O)N1CCC[C@@H](C(=O)OCC(Cl)(Cl)Cl)N1)C(C)C.C=Cc1cc2cc([C@@H](C)O)ccc2cn1.C=Cc1cc2cc([C@@H](C)OC(=O)[C@@H]3CCCN(C(=O)[C@H](C)NC(=O)[C@@H](CC(=O)C/C=C/C)C(C)C)N3)ccc2cn1. The zero-order valence-corrected chi connectivity index (χ0v) is 54.4. The summed E-state index contributed by atoms with van der Waals surface area (Å²) in [6.45, 7) is 25.7. The standard InChI is InChI=1S/C32H42N4O5.C21H32Cl3N3O5.C13H13NO/c1-7-9-11-27(37)18-28(20(3)4)30(38)34-21(5)31(39)36-15-10-12-29(35-36)32(40)41-22(6)23-13-14-24-19-33-26(8-2)17-25(24)16-23;1-5-6-8-15(28)11-16(13(2)3)18(29)25-14(4)19(30)27-10-7-9-17(26-27)20(31)32-12-21(22,23)24;1-3-13-7-12-6-10(9(2)15)4-5-11(12)8-14-13/h7-9,13-14,16-17,19-22,28-29,35H,2,10-12,15,18H2,1,3-6H3,(H,34,38);5-6,13-14,16-17,26H,7-12H2,1-4H3,(H,25,29);3-9,15H,1H2,2H3/b9-7+;6-5+;/t21-,22+,28-,29-;14-,16-,17-;9-/m001/s1. The summed E-state index contributed by atoms with van der Waals surface area (Å²) in [4.78, 5) is 110. The number of ketones is 2. The van der Waals surface area contributed by atoms with Gasteiger partial charge >= 0.3 is 11.9 Å². The molecule has 0 unspecified atom stereocenters. The van der Waals surface area contributed by atoms with Gasteiger partial charge in [0.05, 0.1) is 17.5 Å². The molecular weight excluding hydrogens is 1190 g/mol. The number of nitrogens with one attached hydrogen (secondary N) is 4. The molecule has 0 radical (unpaired) electrons. The molecule has 4 heterocycles. The number of alkyl halides is 3. The number of amides is 4. The maximum absolute atomic E-state index is 13.2. The van der Waals surface area contributed by atoms with Gasteiger partial charge in [0.2, 0.25) is 15.6 Å². The third-order valence-corrected chi connectivity index (χ3v) is 15.2. The molecule has 2 saturated heterocycles. The van der Waals surface area contributed by atoms with Crippen LogP contribution >= 0.6 is 34.8 Å². The fourth-order valence-corrected chi connectivity index (χ4v) is 9.71. The molecule has 0 bridgehead atoms. The second kappa shape index (κ2) is 36.0. The minimum Gasteiger partial charge on any atom is -0.460 e. The lowest BCUT2D eigenvalue weighted by Gasteiger charge is -2.35. The number of aromatic nitrogens is 2. The zero-order chi connectivity index (χ0) is 65.4. The highest BCUT2D eigenvalue weighted by atomic mass is 35.6. The Morgan fingerprint density at radius 2 is 1.07 bits per heavy atom. The number of Topliss-reactive ketones (excluding diaryl/α,β-unsaturated/α-hetero) is 2. The van der Waals surface area contributed by atoms with Crippen molar-refractivity contribution in [1.29, 1.82) is 0 Å². The molecule has 0 saturated carbocycles. The normalized spacial score (nSPS) is 17.3. The van der Waals surface area contributed by atoms with E-state index < -0.39 is 76.5 Å². The summed E-state index contributed by atoms with van der Waals surface area (Å²) in [6.07, 6.45) is 16.1. The minimum atomic E-state index is -1.72. The summed E-state index contributed by atoms with van der Waals surface area (Å²) in [7, 11) is 0. The number of hydrogen-bond donors (Lipinski definition) is 5. The summed E-state index contributed by atoms with van der Waals surface area (Å²) < 4.78 is 9.03. The van der Waals surface area contributed by atoms with Gasteiger partial charge in [-0.2, -0.15) is 0 Å². The summed E-state index contributed by atoms with van der Waals surface area (Å²) in [5.41, 5.74) is 9.19. The van der Waals surface area contributed by atoms with E-state index in [0.717, 1.165) is 44.1 Å². The Morgan fingerprint density at radius 3 is 1.47 bits per heavy atom. The van der Waals surface area contributed by atoms with Crippen LogP contribution in [0.15, 0.2) is 98.4 Å². The first-order valence-corrected chi connectivity index (χ1v) is 30.9. The van der Waals surface area contributed by atoms with Crippen LogP contribution in [0.4, 0.5) is 0 Å². The molecule has 6 rings (SSSR count). The van der Waals surface area contributed by atoms with Crippen molar-refractivity contribution in [2.24, 2.45) is 23.7 Å². The number of fused-ring (bicyclic) bond motifs is 2. The van der Waals surface area contributed by atoms with E-state index in [0.29, 0.717) is 38.8 Å². The van der Waals surface area contributed by atoms with Gasteiger partial charge in [-0.25, -0.2) is 10.9 Å². The number of hydrazine groups is 2. The monoisotopic (exact) mass is 1270 g/mol. The first kappa shape index (κ1) is 73.6. The molecule has 0 spiro atoms. The summed E-state index contributed by atoms with van der Waals surface area (Å²) >= 11 is 16.8. The molecule has 4 aromatic rings. The summed E-state index contributed by atoms with van der Waals surface area (Å²) in [5.74, 6) is -3.80. The van der Waals surface area contributed by atoms with Gasteiger partial charge in [0.15, 0.2) is 0 Å². The topological polar surface area (TPSA) is 256 Å². The van der Waals surface area contributed by atoms with Crippen molar-refractivity contribution in [2.75, 3.05) is 19.7 Å². The molecule has 2 fully saturated rings. The van der Waals surface area contributed by atoms with Crippen LogP contribution in [-0.2, 0) is 47.8 Å². The Bertz CT molecular complexity index is 3150. The van der Waals surface area contributed by atoms with E-state index >= 15 is 0 Å². The van der Waals surface area contributed by atoms with Crippen LogP contribution in [-0.4, -0.2) is 120 Å². The van der Waals surface area contributed by atoms with Crippen LogP contribution in [0.3, 0.4) is 0 Å². The molecule has 22 heteroatoms. The lowest BCUT2D eigenvalue weighted by atomic mass is 9.89. The molecule has 2 aromatic heterocycles. The zero-order valence-electron chi connectivity index (χ0n) is 52.2. The largest absolute Gasteiger partial charge is 0.460 e. The Hall–Kier alpha value is -6.87. The van der Waals surface area contributed by atoms with Gasteiger partial charge in [-0.15, -0.1) is 0 Å². The quantitative estimate of drug-likeness (QED) is 0.0248. The number of esters is 2. The highest BCUT2D eigenvalue weighted by Crippen LogP contribution is 2.28. The van der Waals surface area contributed by atoms with Crippen LogP contribution in [0.25, 0.3) is 33.7 Å². The Morgan fingerprint density at radius 1 is 0.648 bits per heavy atom. The Balaban J connectivity index is 0.000000310. The van der Waals surface area contributed by atoms with Crippen molar-refractivity contribution < 1.29 is 52.9 Å². The average molecular weight is 1270 g/mol. The number of halogens is 3. The van der Waals surface area contributed by atoms with Crippen LogP contribution in [0.2, 0.25) is 0 Å². The third kappa shape index (κ3) is 23.6. The number of allylic oxidation sites excluding steroid dienone is 4. The smallest absolute Gasteiger partial charge is 0.325 e. The molecule has 2 aliphatic rings. The molecule has 2 aromatic carbocycles. The lowest BCUT2D eigenvalue weighted by molar-refractivity contribution is -0.157. The molecule has 4 amide bonds. The maximum atomic E-state index is 13.2. The van der Waals surface area contributed by atoms with E-state index in [-0.39, 0.29) is 66.8 Å². The summed E-state index contributed by atoms with van der Waals surface area (Å²) in [5, 5.41) is 21.7. The van der Waals surface area contributed by atoms with Gasteiger partial charge in [0, 0.05) is 73.8 Å². The van der Waals surface area contributed by atoms with Crippen LogP contribution in [0, 0.1) is 23.7 Å². The van der Waals surface area contributed by atoms with E-state index in [1.165, 1.54) is 10.0 Å². The van der Waals surface area contributed by atoms with Crippen molar-refractivity contribution in [3.8, 4) is 0 Å². The predicted octanol–water partition coefficient (Wildman–Crippen LogP) is 10.7. The third-order valence-electron chi connectivity index (χ3n) is 14.8. The van der Waals surface area contributed by atoms with Gasteiger partial charge in [-0.3, -0.25) is 58.3 Å². The molecule has 19 nitrogen and oxygen atoms in total. The number of nitrogens with zero attached hydrogens (tertiary/aromatic N) is 4. The summed E-state index contributed by atoms with van der Waals surface area (Å²) in [6, 6.07) is 12.4. The highest BCUT2D eigenvalue weighted by molar-refractivity contribution is 6.67. The maximum Gasteiger partial charge on any atom is 0.325 e. The Labute approximate surface area is 532 Å². The van der Waals surface area contributed by atoms with Gasteiger partial charge in [0.1, 0.15) is 48.4 Å². The van der Waals surface area contributed by atoms with Gasteiger partial charge in [-0.1, -0.05) is 124 Å². The first-order chi connectivity index (χ1) is 41.6.